The maximum Gasteiger partial charge on any atom is 0.185 e. The smallest absolute Gasteiger partial charge is 0.185 e. The minimum absolute atomic E-state index is 0.0651. The molecule has 1 saturated carbocycles. The summed E-state index contributed by atoms with van der Waals surface area (Å²) in [4.78, 5) is 0. The monoisotopic (exact) mass is 335 g/mol. The van der Waals surface area contributed by atoms with Crippen molar-refractivity contribution in [1.29, 1.82) is 0 Å². The molecule has 24 heavy (non-hydrogen) atoms. The van der Waals surface area contributed by atoms with Gasteiger partial charge in [0.25, 0.3) is 0 Å². The lowest BCUT2D eigenvalue weighted by Gasteiger charge is -2.21. The molecule has 1 aromatic rings. The van der Waals surface area contributed by atoms with E-state index in [-0.39, 0.29) is 6.04 Å². The highest BCUT2D eigenvalue weighted by Gasteiger charge is 2.21. The van der Waals surface area contributed by atoms with Crippen LogP contribution >= 0.6 is 0 Å². The molecule has 1 fully saturated rings. The highest BCUT2D eigenvalue weighted by atomic mass is 16.5. The predicted molar refractivity (Wildman–Crippen MR) is 95.6 cm³/mol. The normalized spacial score (nSPS) is 16.0. The molecule has 0 unspecified atom stereocenters. The molecule has 0 amide bonds. The van der Waals surface area contributed by atoms with E-state index in [1.807, 2.05) is 32.9 Å². The number of hydrogen-bond acceptors (Lipinski definition) is 4. The van der Waals surface area contributed by atoms with Crippen LogP contribution in [0.2, 0.25) is 0 Å². The molecule has 1 aliphatic rings. The summed E-state index contributed by atoms with van der Waals surface area (Å²) in [5, 5.41) is 12.5. The topological polar surface area (TPSA) is 53.8 Å². The van der Waals surface area contributed by atoms with Gasteiger partial charge in [-0.15, -0.1) is 0 Å². The standard InChI is InChI=1S/C19H29NO4/c1-4-22-17-13-19(24-6-3)18(23-5-2)12-15(17)14-20(21)16-10-8-7-9-11-16/h12-14,16H,4-11H2,1-3H3. The summed E-state index contributed by atoms with van der Waals surface area (Å²) in [6.45, 7) is 7.40. The molecule has 0 atom stereocenters. The van der Waals surface area contributed by atoms with Crippen LogP contribution in [-0.2, 0) is 0 Å². The van der Waals surface area contributed by atoms with Gasteiger partial charge >= 0.3 is 0 Å². The third-order valence-corrected chi connectivity index (χ3v) is 4.18. The van der Waals surface area contributed by atoms with Crippen LogP contribution in [0.15, 0.2) is 12.1 Å². The van der Waals surface area contributed by atoms with Crippen LogP contribution in [0.25, 0.3) is 0 Å². The van der Waals surface area contributed by atoms with E-state index in [0.29, 0.717) is 37.1 Å². The fraction of sp³-hybridized carbons (Fsp3) is 0.632. The fourth-order valence-corrected chi connectivity index (χ4v) is 3.05. The zero-order valence-electron chi connectivity index (χ0n) is 15.0. The molecule has 0 radical (unpaired) electrons. The Hall–Kier alpha value is -1.91. The molecule has 5 nitrogen and oxygen atoms in total. The molecular formula is C19H29NO4. The van der Waals surface area contributed by atoms with Crippen LogP contribution in [0.5, 0.6) is 17.2 Å². The first kappa shape index (κ1) is 18.4. The van der Waals surface area contributed by atoms with E-state index in [9.17, 15) is 5.21 Å². The summed E-state index contributed by atoms with van der Waals surface area (Å²) < 4.78 is 18.1. The number of nitrogens with zero attached hydrogens (tertiary/aromatic N) is 1. The molecule has 1 aromatic carbocycles. The molecule has 0 heterocycles. The summed E-state index contributed by atoms with van der Waals surface area (Å²) in [6.07, 6.45) is 7.04. The van der Waals surface area contributed by atoms with Crippen molar-refractivity contribution < 1.29 is 18.9 Å². The van der Waals surface area contributed by atoms with E-state index < -0.39 is 0 Å². The molecule has 0 aromatic heterocycles. The van der Waals surface area contributed by atoms with Gasteiger partial charge in [0, 0.05) is 25.0 Å². The van der Waals surface area contributed by atoms with Gasteiger partial charge < -0.3 is 19.4 Å². The van der Waals surface area contributed by atoms with Gasteiger partial charge in [-0.3, -0.25) is 0 Å². The van der Waals surface area contributed by atoms with Crippen molar-refractivity contribution in [2.75, 3.05) is 19.8 Å². The largest absolute Gasteiger partial charge is 0.624 e. The van der Waals surface area contributed by atoms with Crippen LogP contribution in [0, 0.1) is 5.21 Å². The molecule has 5 heteroatoms. The van der Waals surface area contributed by atoms with E-state index in [1.54, 1.807) is 6.21 Å². The SMILES string of the molecule is CCOc1cc(OCC)c(OCC)cc1C=[N+]([O-])C1CCCCC1. The van der Waals surface area contributed by atoms with Gasteiger partial charge in [0.15, 0.2) is 23.8 Å². The summed E-state index contributed by atoms with van der Waals surface area (Å²) in [5.74, 6) is 1.95. The van der Waals surface area contributed by atoms with Crippen LogP contribution in [0.3, 0.4) is 0 Å². The molecule has 0 N–H and O–H groups in total. The molecule has 2 rings (SSSR count). The van der Waals surface area contributed by atoms with Crippen LogP contribution < -0.4 is 14.2 Å². The second-order valence-electron chi connectivity index (χ2n) is 5.92. The lowest BCUT2D eigenvalue weighted by atomic mass is 9.96. The molecule has 0 saturated heterocycles. The first-order valence-corrected chi connectivity index (χ1v) is 9.06. The third kappa shape index (κ3) is 4.79. The van der Waals surface area contributed by atoms with Crippen LogP contribution in [0.1, 0.15) is 58.4 Å². The number of hydroxylamine groups is 1. The number of ether oxygens (including phenoxy) is 3. The first-order valence-electron chi connectivity index (χ1n) is 9.06. The Balaban J connectivity index is 2.35. The number of hydrogen-bond donors (Lipinski definition) is 0. The predicted octanol–water partition coefficient (Wildman–Crippen LogP) is 4.14. The zero-order valence-corrected chi connectivity index (χ0v) is 15.0. The van der Waals surface area contributed by atoms with Crippen molar-refractivity contribution >= 4 is 6.21 Å². The van der Waals surface area contributed by atoms with Gasteiger partial charge in [0.05, 0.1) is 25.4 Å². The lowest BCUT2D eigenvalue weighted by molar-refractivity contribution is -0.500. The van der Waals surface area contributed by atoms with Crippen molar-refractivity contribution in [3.63, 3.8) is 0 Å². The molecule has 134 valence electrons. The van der Waals surface area contributed by atoms with Crippen LogP contribution in [0.4, 0.5) is 0 Å². The molecule has 0 bridgehead atoms. The molecule has 0 spiro atoms. The summed E-state index contributed by atoms with van der Waals surface area (Å²) in [5.41, 5.74) is 0.740. The summed E-state index contributed by atoms with van der Waals surface area (Å²) in [6, 6.07) is 3.72. The number of benzene rings is 1. The summed E-state index contributed by atoms with van der Waals surface area (Å²) in [7, 11) is 0. The van der Waals surface area contributed by atoms with Gasteiger partial charge in [-0.25, -0.2) is 4.74 Å². The zero-order chi connectivity index (χ0) is 17.4. The highest BCUT2D eigenvalue weighted by Crippen LogP contribution is 2.35. The van der Waals surface area contributed by atoms with E-state index in [1.165, 1.54) is 6.42 Å². The van der Waals surface area contributed by atoms with Gasteiger partial charge in [-0.05, 0) is 33.6 Å². The van der Waals surface area contributed by atoms with Crippen molar-refractivity contribution in [3.8, 4) is 17.2 Å². The van der Waals surface area contributed by atoms with Crippen molar-refractivity contribution in [2.45, 2.75) is 58.9 Å². The van der Waals surface area contributed by atoms with Gasteiger partial charge in [0.2, 0.25) is 0 Å². The van der Waals surface area contributed by atoms with E-state index in [4.69, 9.17) is 14.2 Å². The number of rotatable bonds is 8. The van der Waals surface area contributed by atoms with E-state index >= 15 is 0 Å². The third-order valence-electron chi connectivity index (χ3n) is 4.18. The highest BCUT2D eigenvalue weighted by molar-refractivity contribution is 5.82. The van der Waals surface area contributed by atoms with Gasteiger partial charge in [-0.1, -0.05) is 6.42 Å². The molecule has 1 aliphatic carbocycles. The Kier molecular flexibility index (Phi) is 7.22. The average molecular weight is 335 g/mol. The quantitative estimate of drug-likeness (QED) is 0.310. The van der Waals surface area contributed by atoms with Gasteiger partial charge in [-0.2, -0.15) is 0 Å². The van der Waals surface area contributed by atoms with Crippen LogP contribution in [-0.4, -0.2) is 36.8 Å². The minimum atomic E-state index is 0.0651. The minimum Gasteiger partial charge on any atom is -0.624 e. The second kappa shape index (κ2) is 9.40. The van der Waals surface area contributed by atoms with Crippen molar-refractivity contribution in [3.05, 3.63) is 22.9 Å². The Bertz CT molecular complexity index is 551. The van der Waals surface area contributed by atoms with Crippen molar-refractivity contribution in [1.82, 2.24) is 0 Å². The van der Waals surface area contributed by atoms with E-state index in [2.05, 4.69) is 0 Å². The van der Waals surface area contributed by atoms with Gasteiger partial charge in [0.1, 0.15) is 5.75 Å². The second-order valence-corrected chi connectivity index (χ2v) is 5.92. The molecular weight excluding hydrogens is 306 g/mol. The lowest BCUT2D eigenvalue weighted by Crippen LogP contribution is -2.25. The Labute approximate surface area is 144 Å². The molecule has 0 aliphatic heterocycles. The fourth-order valence-electron chi connectivity index (χ4n) is 3.05. The first-order chi connectivity index (χ1) is 11.7. The average Bonchev–Trinajstić information content (AvgIpc) is 2.59. The van der Waals surface area contributed by atoms with E-state index in [0.717, 1.165) is 36.0 Å². The Morgan fingerprint density at radius 2 is 1.46 bits per heavy atom. The maximum atomic E-state index is 12.5. The summed E-state index contributed by atoms with van der Waals surface area (Å²) >= 11 is 0. The Morgan fingerprint density at radius 3 is 2.04 bits per heavy atom. The Morgan fingerprint density at radius 1 is 0.917 bits per heavy atom. The van der Waals surface area contributed by atoms with Crippen molar-refractivity contribution in [2.24, 2.45) is 0 Å². The maximum absolute atomic E-state index is 12.5.